The summed E-state index contributed by atoms with van der Waals surface area (Å²) in [6, 6.07) is 4.55. The maximum atomic E-state index is 13.0. The molecule has 2 aliphatic rings. The third kappa shape index (κ3) is 3.14. The van der Waals surface area contributed by atoms with E-state index in [-0.39, 0.29) is 36.5 Å². The normalized spacial score (nSPS) is 30.8. The molecule has 2 saturated heterocycles. The fourth-order valence-corrected chi connectivity index (χ4v) is 3.81. The molecule has 4 atom stereocenters. The number of carbonyl (C=O) groups is 2. The first-order valence-electron chi connectivity index (χ1n) is 8.11. The standard InChI is InChI=1S/C17H21ClN2O4/c1-10-8-19(9-11(2)24-10)14-7-16(21)20(17(14)22)13-6-12(18)4-5-15(13)23-3/h4-6,10-11,14H,7-9H2,1-3H3/p+1/t10-,11+,14-/m1/s1. The number of rotatable bonds is 3. The summed E-state index contributed by atoms with van der Waals surface area (Å²) < 4.78 is 11.0. The smallest absolute Gasteiger partial charge is 0.292 e. The molecule has 1 N–H and O–H groups in total. The van der Waals surface area contributed by atoms with Gasteiger partial charge >= 0.3 is 0 Å². The van der Waals surface area contributed by atoms with E-state index in [2.05, 4.69) is 0 Å². The lowest BCUT2D eigenvalue weighted by Gasteiger charge is -2.34. The lowest BCUT2D eigenvalue weighted by molar-refractivity contribution is -0.929. The molecule has 0 radical (unpaired) electrons. The van der Waals surface area contributed by atoms with Crippen molar-refractivity contribution in [2.24, 2.45) is 0 Å². The number of hydrogen-bond donors (Lipinski definition) is 1. The van der Waals surface area contributed by atoms with Gasteiger partial charge in [0.25, 0.3) is 5.91 Å². The summed E-state index contributed by atoms with van der Waals surface area (Å²) in [5, 5.41) is 0.454. The minimum atomic E-state index is -0.380. The van der Waals surface area contributed by atoms with E-state index in [0.717, 1.165) is 4.90 Å². The van der Waals surface area contributed by atoms with Crippen LogP contribution in [0.5, 0.6) is 5.75 Å². The number of hydrogen-bond acceptors (Lipinski definition) is 4. The zero-order chi connectivity index (χ0) is 17.4. The first-order valence-corrected chi connectivity index (χ1v) is 8.49. The van der Waals surface area contributed by atoms with Crippen LogP contribution in [0.3, 0.4) is 0 Å². The summed E-state index contributed by atoms with van der Waals surface area (Å²) in [5.74, 6) is 0.0437. The van der Waals surface area contributed by atoms with E-state index in [9.17, 15) is 9.59 Å². The molecular formula is C17H22ClN2O4+. The van der Waals surface area contributed by atoms with Crippen molar-refractivity contribution in [1.29, 1.82) is 0 Å². The van der Waals surface area contributed by atoms with Crippen LogP contribution in [0.4, 0.5) is 5.69 Å². The average molecular weight is 354 g/mol. The highest BCUT2D eigenvalue weighted by Gasteiger charge is 2.48. The second kappa shape index (κ2) is 6.70. The van der Waals surface area contributed by atoms with Crippen LogP contribution in [0.2, 0.25) is 5.02 Å². The quantitative estimate of drug-likeness (QED) is 0.812. The average Bonchev–Trinajstić information content (AvgIpc) is 2.81. The summed E-state index contributed by atoms with van der Waals surface area (Å²) in [6.45, 7) is 5.42. The zero-order valence-corrected chi connectivity index (χ0v) is 14.8. The fraction of sp³-hybridized carbons (Fsp3) is 0.529. The summed E-state index contributed by atoms with van der Waals surface area (Å²) in [7, 11) is 1.51. The molecule has 130 valence electrons. The van der Waals surface area contributed by atoms with Crippen molar-refractivity contribution >= 4 is 29.1 Å². The van der Waals surface area contributed by atoms with Crippen molar-refractivity contribution in [3.63, 3.8) is 0 Å². The number of anilines is 1. The van der Waals surface area contributed by atoms with Gasteiger partial charge in [0.1, 0.15) is 31.0 Å². The molecule has 0 aromatic heterocycles. The summed E-state index contributed by atoms with van der Waals surface area (Å²) >= 11 is 6.04. The molecule has 1 aromatic carbocycles. The number of ether oxygens (including phenoxy) is 2. The Morgan fingerprint density at radius 3 is 2.54 bits per heavy atom. The van der Waals surface area contributed by atoms with Gasteiger partial charge < -0.3 is 14.4 Å². The number of morpholine rings is 1. The molecule has 0 aliphatic carbocycles. The van der Waals surface area contributed by atoms with Gasteiger partial charge in [-0.15, -0.1) is 0 Å². The number of nitrogens with zero attached hydrogens (tertiary/aromatic N) is 1. The van der Waals surface area contributed by atoms with Crippen LogP contribution in [0, 0.1) is 0 Å². The van der Waals surface area contributed by atoms with Gasteiger partial charge in [0.15, 0.2) is 6.04 Å². The van der Waals surface area contributed by atoms with Crippen molar-refractivity contribution in [3.8, 4) is 5.75 Å². The van der Waals surface area contributed by atoms with E-state index in [1.165, 1.54) is 12.0 Å². The molecule has 0 saturated carbocycles. The minimum absolute atomic E-state index is 0.0707. The highest BCUT2D eigenvalue weighted by molar-refractivity contribution is 6.31. The number of carbonyl (C=O) groups excluding carboxylic acids is 2. The maximum absolute atomic E-state index is 13.0. The van der Waals surface area contributed by atoms with Gasteiger partial charge in [-0.2, -0.15) is 0 Å². The Morgan fingerprint density at radius 1 is 1.25 bits per heavy atom. The number of benzene rings is 1. The zero-order valence-electron chi connectivity index (χ0n) is 14.0. The largest absolute Gasteiger partial charge is 0.495 e. The molecule has 1 unspecified atom stereocenters. The molecule has 1 aromatic rings. The lowest BCUT2D eigenvalue weighted by Crippen LogP contribution is -3.19. The monoisotopic (exact) mass is 353 g/mol. The van der Waals surface area contributed by atoms with Crippen LogP contribution >= 0.6 is 11.6 Å². The van der Waals surface area contributed by atoms with Crippen molar-refractivity contribution in [3.05, 3.63) is 23.2 Å². The molecular weight excluding hydrogens is 332 g/mol. The molecule has 0 bridgehead atoms. The van der Waals surface area contributed by atoms with Gasteiger partial charge in [0.2, 0.25) is 5.91 Å². The van der Waals surface area contributed by atoms with Gasteiger partial charge in [0.05, 0.1) is 19.2 Å². The van der Waals surface area contributed by atoms with E-state index in [0.29, 0.717) is 29.5 Å². The highest BCUT2D eigenvalue weighted by Crippen LogP contribution is 2.34. The van der Waals surface area contributed by atoms with Crippen LogP contribution < -0.4 is 14.5 Å². The topological polar surface area (TPSA) is 60.3 Å². The predicted molar refractivity (Wildman–Crippen MR) is 89.6 cm³/mol. The van der Waals surface area contributed by atoms with Crippen LogP contribution in [0.15, 0.2) is 18.2 Å². The number of nitrogens with one attached hydrogen (secondary N) is 1. The summed E-state index contributed by atoms with van der Waals surface area (Å²) in [5.41, 5.74) is 0.413. The van der Waals surface area contributed by atoms with E-state index in [1.807, 2.05) is 13.8 Å². The predicted octanol–water partition coefficient (Wildman–Crippen LogP) is 0.673. The number of amides is 2. The van der Waals surface area contributed by atoms with Crippen molar-refractivity contribution in [2.75, 3.05) is 25.1 Å². The van der Waals surface area contributed by atoms with E-state index in [1.54, 1.807) is 18.2 Å². The Kier molecular flexibility index (Phi) is 4.80. The second-order valence-electron chi connectivity index (χ2n) is 6.46. The maximum Gasteiger partial charge on any atom is 0.292 e. The molecule has 2 aliphatic heterocycles. The lowest BCUT2D eigenvalue weighted by atomic mass is 10.1. The van der Waals surface area contributed by atoms with Crippen molar-refractivity contribution in [1.82, 2.24) is 0 Å². The van der Waals surface area contributed by atoms with Gasteiger partial charge in [0, 0.05) is 5.02 Å². The molecule has 2 fully saturated rings. The summed E-state index contributed by atoms with van der Waals surface area (Å²) in [4.78, 5) is 27.8. The molecule has 6 nitrogen and oxygen atoms in total. The van der Waals surface area contributed by atoms with Gasteiger partial charge in [-0.25, -0.2) is 4.90 Å². The number of quaternary nitrogens is 1. The third-order valence-corrected chi connectivity index (χ3v) is 4.82. The Labute approximate surface area is 146 Å². The van der Waals surface area contributed by atoms with Crippen LogP contribution in [0.25, 0.3) is 0 Å². The number of imide groups is 1. The third-order valence-electron chi connectivity index (χ3n) is 4.59. The Balaban J connectivity index is 1.88. The Bertz CT molecular complexity index is 656. The van der Waals surface area contributed by atoms with E-state index < -0.39 is 0 Å². The molecule has 0 spiro atoms. The van der Waals surface area contributed by atoms with Crippen molar-refractivity contribution < 1.29 is 24.0 Å². The van der Waals surface area contributed by atoms with Gasteiger partial charge in [-0.3, -0.25) is 9.59 Å². The second-order valence-corrected chi connectivity index (χ2v) is 6.90. The first-order chi connectivity index (χ1) is 11.4. The Hall–Kier alpha value is -1.63. The highest BCUT2D eigenvalue weighted by atomic mass is 35.5. The molecule has 3 rings (SSSR count). The van der Waals surface area contributed by atoms with Gasteiger partial charge in [-0.05, 0) is 32.0 Å². The van der Waals surface area contributed by atoms with Gasteiger partial charge in [-0.1, -0.05) is 11.6 Å². The van der Waals surface area contributed by atoms with Crippen LogP contribution in [-0.2, 0) is 14.3 Å². The minimum Gasteiger partial charge on any atom is -0.495 e. The molecule has 2 heterocycles. The molecule has 2 amide bonds. The van der Waals surface area contributed by atoms with Crippen molar-refractivity contribution in [2.45, 2.75) is 38.5 Å². The Morgan fingerprint density at radius 2 is 1.92 bits per heavy atom. The number of methoxy groups -OCH3 is 1. The van der Waals surface area contributed by atoms with E-state index >= 15 is 0 Å². The van der Waals surface area contributed by atoms with Crippen LogP contribution in [0.1, 0.15) is 20.3 Å². The van der Waals surface area contributed by atoms with Crippen LogP contribution in [-0.4, -0.2) is 50.3 Å². The summed E-state index contributed by atoms with van der Waals surface area (Å²) in [6.07, 6.45) is 0.339. The fourth-order valence-electron chi connectivity index (χ4n) is 3.64. The molecule has 7 heteroatoms. The SMILES string of the molecule is COc1ccc(Cl)cc1N1C(=O)C[C@@H]([NH+]2C[C@@H](C)O[C@@H](C)C2)C1=O. The van der Waals surface area contributed by atoms with E-state index in [4.69, 9.17) is 21.1 Å². The molecule has 24 heavy (non-hydrogen) atoms. The number of halogens is 1. The first kappa shape index (κ1) is 17.2.